The normalized spacial score (nSPS) is 23.1. The van der Waals surface area contributed by atoms with Crippen LogP contribution < -0.4 is 5.32 Å². The molecule has 1 saturated carbocycles. The first kappa shape index (κ1) is 14.1. The van der Waals surface area contributed by atoms with Gasteiger partial charge in [0, 0.05) is 18.6 Å². The molecular formula is C16H23NO2. The predicted molar refractivity (Wildman–Crippen MR) is 75.9 cm³/mol. The van der Waals surface area contributed by atoms with Crippen molar-refractivity contribution in [3.05, 3.63) is 35.4 Å². The van der Waals surface area contributed by atoms with E-state index < -0.39 is 0 Å². The van der Waals surface area contributed by atoms with E-state index in [1.165, 1.54) is 5.56 Å². The summed E-state index contributed by atoms with van der Waals surface area (Å²) in [5.41, 5.74) is 2.23. The first-order valence-electron chi connectivity index (χ1n) is 7.15. The predicted octanol–water partition coefficient (Wildman–Crippen LogP) is 2.20. The van der Waals surface area contributed by atoms with Gasteiger partial charge in [0.2, 0.25) is 5.91 Å². The molecule has 0 radical (unpaired) electrons. The summed E-state index contributed by atoms with van der Waals surface area (Å²) in [4.78, 5) is 12.1. The quantitative estimate of drug-likeness (QED) is 0.873. The standard InChI is InChI=1S/C16H23NO2/c1-12-5-4-6-13(9-12)10-16(19)17-15-8-3-2-7-14(15)11-18/h4-6,9,14-15,18H,2-3,7-8,10-11H2,1H3,(H,17,19). The molecule has 1 aromatic rings. The molecule has 19 heavy (non-hydrogen) atoms. The van der Waals surface area contributed by atoms with Crippen molar-refractivity contribution in [2.75, 3.05) is 6.61 Å². The molecule has 1 aliphatic carbocycles. The molecule has 3 heteroatoms. The topological polar surface area (TPSA) is 49.3 Å². The maximum absolute atomic E-state index is 12.1. The van der Waals surface area contributed by atoms with E-state index in [4.69, 9.17) is 0 Å². The van der Waals surface area contributed by atoms with E-state index in [2.05, 4.69) is 5.32 Å². The van der Waals surface area contributed by atoms with Crippen molar-refractivity contribution in [2.45, 2.75) is 45.1 Å². The van der Waals surface area contributed by atoms with Gasteiger partial charge in [-0.1, -0.05) is 42.7 Å². The fraction of sp³-hybridized carbons (Fsp3) is 0.562. The lowest BCUT2D eigenvalue weighted by atomic mass is 9.85. The Morgan fingerprint density at radius 2 is 2.16 bits per heavy atom. The average molecular weight is 261 g/mol. The molecule has 1 aromatic carbocycles. The molecule has 2 unspecified atom stereocenters. The molecule has 0 aliphatic heterocycles. The molecule has 0 heterocycles. The van der Waals surface area contributed by atoms with Crippen LogP contribution in [0, 0.1) is 12.8 Å². The lowest BCUT2D eigenvalue weighted by Gasteiger charge is -2.30. The Morgan fingerprint density at radius 1 is 1.37 bits per heavy atom. The van der Waals surface area contributed by atoms with Crippen molar-refractivity contribution >= 4 is 5.91 Å². The molecule has 3 nitrogen and oxygen atoms in total. The van der Waals surface area contributed by atoms with Crippen LogP contribution in [0.1, 0.15) is 36.8 Å². The summed E-state index contributed by atoms with van der Waals surface area (Å²) < 4.78 is 0. The lowest BCUT2D eigenvalue weighted by molar-refractivity contribution is -0.121. The van der Waals surface area contributed by atoms with E-state index in [0.717, 1.165) is 31.2 Å². The molecule has 104 valence electrons. The molecule has 2 atom stereocenters. The Hall–Kier alpha value is -1.35. The third-order valence-corrected chi connectivity index (χ3v) is 3.94. The van der Waals surface area contributed by atoms with Gasteiger partial charge in [-0.05, 0) is 25.3 Å². The number of carbonyl (C=O) groups excluding carboxylic acids is 1. The summed E-state index contributed by atoms with van der Waals surface area (Å²) >= 11 is 0. The van der Waals surface area contributed by atoms with Crippen LogP contribution >= 0.6 is 0 Å². The third-order valence-electron chi connectivity index (χ3n) is 3.94. The van der Waals surface area contributed by atoms with Crippen LogP contribution in [0.5, 0.6) is 0 Å². The summed E-state index contributed by atoms with van der Waals surface area (Å²) in [5.74, 6) is 0.297. The van der Waals surface area contributed by atoms with E-state index in [0.29, 0.717) is 6.42 Å². The number of amides is 1. The number of aliphatic hydroxyl groups excluding tert-OH is 1. The Kier molecular flexibility index (Phi) is 4.97. The second-order valence-corrected chi connectivity index (χ2v) is 5.57. The van der Waals surface area contributed by atoms with Gasteiger partial charge in [-0.3, -0.25) is 4.79 Å². The van der Waals surface area contributed by atoms with Crippen LogP contribution in [0.15, 0.2) is 24.3 Å². The van der Waals surface area contributed by atoms with E-state index >= 15 is 0 Å². The number of hydrogen-bond acceptors (Lipinski definition) is 2. The molecule has 2 rings (SSSR count). The van der Waals surface area contributed by atoms with Crippen molar-refractivity contribution in [3.8, 4) is 0 Å². The van der Waals surface area contributed by atoms with Crippen molar-refractivity contribution in [1.29, 1.82) is 0 Å². The minimum atomic E-state index is 0.0657. The van der Waals surface area contributed by atoms with Crippen molar-refractivity contribution in [1.82, 2.24) is 5.32 Å². The van der Waals surface area contributed by atoms with E-state index in [1.807, 2.05) is 31.2 Å². The number of rotatable bonds is 4. The Bertz CT molecular complexity index is 431. The molecule has 1 aliphatic rings. The van der Waals surface area contributed by atoms with Crippen LogP contribution in [0.3, 0.4) is 0 Å². The molecule has 1 amide bonds. The fourth-order valence-electron chi connectivity index (χ4n) is 2.88. The minimum absolute atomic E-state index is 0.0657. The number of hydrogen-bond donors (Lipinski definition) is 2. The van der Waals surface area contributed by atoms with Crippen LogP contribution in [0.2, 0.25) is 0 Å². The summed E-state index contributed by atoms with van der Waals surface area (Å²) in [7, 11) is 0. The number of nitrogens with one attached hydrogen (secondary N) is 1. The number of aryl methyl sites for hydroxylation is 1. The highest BCUT2D eigenvalue weighted by molar-refractivity contribution is 5.78. The van der Waals surface area contributed by atoms with Gasteiger partial charge < -0.3 is 10.4 Å². The van der Waals surface area contributed by atoms with Gasteiger partial charge >= 0.3 is 0 Å². The summed E-state index contributed by atoms with van der Waals surface area (Å²) in [6.07, 6.45) is 4.74. The van der Waals surface area contributed by atoms with Crippen LogP contribution in [-0.2, 0) is 11.2 Å². The highest BCUT2D eigenvalue weighted by Gasteiger charge is 2.25. The Labute approximate surface area is 115 Å². The van der Waals surface area contributed by atoms with Crippen LogP contribution in [0.25, 0.3) is 0 Å². The zero-order chi connectivity index (χ0) is 13.7. The zero-order valence-electron chi connectivity index (χ0n) is 11.6. The zero-order valence-corrected chi connectivity index (χ0v) is 11.6. The van der Waals surface area contributed by atoms with Gasteiger partial charge in [0.05, 0.1) is 6.42 Å². The number of carbonyl (C=O) groups is 1. The monoisotopic (exact) mass is 261 g/mol. The second-order valence-electron chi connectivity index (χ2n) is 5.57. The van der Waals surface area contributed by atoms with Crippen molar-refractivity contribution in [2.24, 2.45) is 5.92 Å². The van der Waals surface area contributed by atoms with Crippen LogP contribution in [0.4, 0.5) is 0 Å². The first-order valence-corrected chi connectivity index (χ1v) is 7.15. The first-order chi connectivity index (χ1) is 9.19. The fourth-order valence-corrected chi connectivity index (χ4v) is 2.88. The highest BCUT2D eigenvalue weighted by atomic mass is 16.3. The minimum Gasteiger partial charge on any atom is -0.396 e. The van der Waals surface area contributed by atoms with Gasteiger partial charge in [-0.2, -0.15) is 0 Å². The lowest BCUT2D eigenvalue weighted by Crippen LogP contribution is -2.44. The summed E-state index contributed by atoms with van der Waals surface area (Å²) in [6.45, 7) is 2.21. The average Bonchev–Trinajstić information content (AvgIpc) is 2.39. The van der Waals surface area contributed by atoms with Crippen molar-refractivity contribution < 1.29 is 9.90 Å². The molecule has 1 fully saturated rings. The maximum Gasteiger partial charge on any atom is 0.224 e. The van der Waals surface area contributed by atoms with Gasteiger partial charge in [-0.25, -0.2) is 0 Å². The largest absolute Gasteiger partial charge is 0.396 e. The van der Waals surface area contributed by atoms with Gasteiger partial charge in [0.1, 0.15) is 0 Å². The number of aliphatic hydroxyl groups is 1. The maximum atomic E-state index is 12.1. The molecule has 0 aromatic heterocycles. The van der Waals surface area contributed by atoms with E-state index in [-0.39, 0.29) is 24.5 Å². The van der Waals surface area contributed by atoms with Gasteiger partial charge in [0.25, 0.3) is 0 Å². The summed E-state index contributed by atoms with van der Waals surface area (Å²) in [6, 6.07) is 8.19. The Morgan fingerprint density at radius 3 is 2.89 bits per heavy atom. The molecular weight excluding hydrogens is 238 g/mol. The molecule has 2 N–H and O–H groups in total. The SMILES string of the molecule is Cc1cccc(CC(=O)NC2CCCCC2CO)c1. The molecule has 0 saturated heterocycles. The second kappa shape index (κ2) is 6.71. The Balaban J connectivity index is 1.90. The van der Waals surface area contributed by atoms with Gasteiger partial charge in [0.15, 0.2) is 0 Å². The third kappa shape index (κ3) is 4.06. The molecule has 0 spiro atoms. The molecule has 0 bridgehead atoms. The van der Waals surface area contributed by atoms with Crippen LogP contribution in [-0.4, -0.2) is 23.7 Å². The van der Waals surface area contributed by atoms with E-state index in [9.17, 15) is 9.90 Å². The number of benzene rings is 1. The van der Waals surface area contributed by atoms with Crippen molar-refractivity contribution in [3.63, 3.8) is 0 Å². The van der Waals surface area contributed by atoms with Gasteiger partial charge in [-0.15, -0.1) is 0 Å². The smallest absolute Gasteiger partial charge is 0.224 e. The summed E-state index contributed by atoms with van der Waals surface area (Å²) in [5, 5.41) is 12.4. The van der Waals surface area contributed by atoms with E-state index in [1.54, 1.807) is 0 Å². The highest BCUT2D eigenvalue weighted by Crippen LogP contribution is 2.24.